The molecule has 0 aromatic heterocycles. The summed E-state index contributed by atoms with van der Waals surface area (Å²) in [7, 11) is 0. The maximum absolute atomic E-state index is 12.4. The van der Waals surface area contributed by atoms with Crippen LogP contribution >= 0.6 is 12.6 Å². The summed E-state index contributed by atoms with van der Waals surface area (Å²) < 4.78 is 24.9. The Morgan fingerprint density at radius 2 is 1.88 bits per heavy atom. The summed E-state index contributed by atoms with van der Waals surface area (Å²) in [4.78, 5) is 1.69. The van der Waals surface area contributed by atoms with Crippen LogP contribution in [0.25, 0.3) is 0 Å². The Balaban J connectivity index is 2.55. The minimum absolute atomic E-state index is 0.0601. The molecule has 0 radical (unpaired) electrons. The number of hydrogen-bond donors (Lipinski definition) is 2. The third-order valence-corrected chi connectivity index (χ3v) is 4.29. The van der Waals surface area contributed by atoms with Crippen LogP contribution in [0.3, 0.4) is 0 Å². The Labute approximate surface area is 108 Å². The smallest absolute Gasteiger partial charge is 0.251 e. The van der Waals surface area contributed by atoms with Gasteiger partial charge in [0.25, 0.3) is 6.43 Å². The molecular formula is C12H23F2NOS. The van der Waals surface area contributed by atoms with Gasteiger partial charge in [-0.15, -0.1) is 0 Å². The standard InChI is InChI=1S/C12H23F2NOS/c13-11(14)8-15(6-7-16)9-12(10-17)4-2-1-3-5-12/h11,16-17H,1-10H2. The van der Waals surface area contributed by atoms with Crippen LogP contribution in [0.1, 0.15) is 32.1 Å². The summed E-state index contributed by atoms with van der Waals surface area (Å²) in [6.45, 7) is 0.673. The second kappa shape index (κ2) is 7.54. The third-order valence-electron chi connectivity index (χ3n) is 3.62. The summed E-state index contributed by atoms with van der Waals surface area (Å²) in [6, 6.07) is 0. The van der Waals surface area contributed by atoms with E-state index in [0.717, 1.165) is 18.6 Å². The fourth-order valence-corrected chi connectivity index (χ4v) is 3.13. The number of nitrogens with zero attached hydrogens (tertiary/aromatic N) is 1. The molecule has 2 nitrogen and oxygen atoms in total. The van der Waals surface area contributed by atoms with E-state index in [2.05, 4.69) is 12.6 Å². The lowest BCUT2D eigenvalue weighted by molar-refractivity contribution is 0.0457. The van der Waals surface area contributed by atoms with E-state index in [1.807, 2.05) is 0 Å². The van der Waals surface area contributed by atoms with Crippen molar-refractivity contribution in [3.63, 3.8) is 0 Å². The highest BCUT2D eigenvalue weighted by Gasteiger charge is 2.33. The molecule has 0 aromatic rings. The number of aliphatic hydroxyl groups excluding tert-OH is 1. The molecule has 0 bridgehead atoms. The van der Waals surface area contributed by atoms with Crippen LogP contribution in [0.4, 0.5) is 8.78 Å². The van der Waals surface area contributed by atoms with Crippen molar-refractivity contribution >= 4 is 12.6 Å². The van der Waals surface area contributed by atoms with Crippen LogP contribution in [0.15, 0.2) is 0 Å². The molecule has 0 aromatic carbocycles. The van der Waals surface area contributed by atoms with Crippen LogP contribution in [0.5, 0.6) is 0 Å². The second-order valence-corrected chi connectivity index (χ2v) is 5.38. The number of halogens is 2. The van der Waals surface area contributed by atoms with Crippen molar-refractivity contribution in [2.75, 3.05) is 32.0 Å². The molecule has 1 saturated carbocycles. The topological polar surface area (TPSA) is 23.5 Å². The molecule has 0 unspecified atom stereocenters. The average Bonchev–Trinajstić information content (AvgIpc) is 2.29. The molecule has 0 aliphatic heterocycles. The second-order valence-electron chi connectivity index (χ2n) is 5.07. The lowest BCUT2D eigenvalue weighted by atomic mass is 9.75. The first kappa shape index (κ1) is 15.2. The Hall–Kier alpha value is 0.130. The first-order valence-corrected chi connectivity index (χ1v) is 6.97. The molecule has 1 N–H and O–H groups in total. The van der Waals surface area contributed by atoms with Gasteiger partial charge in [-0.1, -0.05) is 19.3 Å². The van der Waals surface area contributed by atoms with E-state index in [0.29, 0.717) is 13.1 Å². The summed E-state index contributed by atoms with van der Waals surface area (Å²) in [5.74, 6) is 0.748. The van der Waals surface area contributed by atoms with Gasteiger partial charge in [0, 0.05) is 13.1 Å². The van der Waals surface area contributed by atoms with Crippen LogP contribution in [-0.4, -0.2) is 48.4 Å². The van der Waals surface area contributed by atoms with Crippen molar-refractivity contribution in [2.24, 2.45) is 5.41 Å². The highest BCUT2D eigenvalue weighted by Crippen LogP contribution is 2.38. The van der Waals surface area contributed by atoms with Crippen molar-refractivity contribution in [1.82, 2.24) is 4.90 Å². The molecule has 5 heteroatoms. The number of aliphatic hydroxyl groups is 1. The SMILES string of the molecule is OCCN(CC(F)F)CC1(CS)CCCCC1. The lowest BCUT2D eigenvalue weighted by Gasteiger charge is -2.40. The van der Waals surface area contributed by atoms with Crippen molar-refractivity contribution < 1.29 is 13.9 Å². The van der Waals surface area contributed by atoms with Crippen LogP contribution in [0, 0.1) is 5.41 Å². The fraction of sp³-hybridized carbons (Fsp3) is 1.00. The molecule has 1 aliphatic rings. The zero-order valence-corrected chi connectivity index (χ0v) is 11.1. The molecule has 102 valence electrons. The van der Waals surface area contributed by atoms with Gasteiger partial charge in [-0.25, -0.2) is 8.78 Å². The van der Waals surface area contributed by atoms with E-state index in [4.69, 9.17) is 5.11 Å². The lowest BCUT2D eigenvalue weighted by Crippen LogP contribution is -2.43. The quantitative estimate of drug-likeness (QED) is 0.692. The Morgan fingerprint density at radius 3 is 2.35 bits per heavy atom. The Bertz CT molecular complexity index is 211. The highest BCUT2D eigenvalue weighted by atomic mass is 32.1. The number of alkyl halides is 2. The molecule has 17 heavy (non-hydrogen) atoms. The molecule has 0 amide bonds. The maximum Gasteiger partial charge on any atom is 0.251 e. The van der Waals surface area contributed by atoms with Gasteiger partial charge in [0.1, 0.15) is 0 Å². The van der Waals surface area contributed by atoms with Gasteiger partial charge in [0.15, 0.2) is 0 Å². The van der Waals surface area contributed by atoms with E-state index in [1.165, 1.54) is 19.3 Å². The molecule has 0 heterocycles. The average molecular weight is 267 g/mol. The van der Waals surface area contributed by atoms with Gasteiger partial charge < -0.3 is 5.11 Å². The number of thiol groups is 1. The maximum atomic E-state index is 12.4. The van der Waals surface area contributed by atoms with Crippen molar-refractivity contribution in [1.29, 1.82) is 0 Å². The Morgan fingerprint density at radius 1 is 1.24 bits per heavy atom. The first-order chi connectivity index (χ1) is 8.12. The van der Waals surface area contributed by atoms with E-state index in [1.54, 1.807) is 4.90 Å². The third kappa shape index (κ3) is 5.10. The van der Waals surface area contributed by atoms with E-state index >= 15 is 0 Å². The summed E-state index contributed by atoms with van der Waals surface area (Å²) in [5.41, 5.74) is 0.0748. The highest BCUT2D eigenvalue weighted by molar-refractivity contribution is 7.80. The number of rotatable bonds is 7. The number of hydrogen-bond acceptors (Lipinski definition) is 3. The zero-order valence-electron chi connectivity index (χ0n) is 10.2. The molecule has 1 rings (SSSR count). The van der Waals surface area contributed by atoms with Gasteiger partial charge in [-0.3, -0.25) is 4.90 Å². The first-order valence-electron chi connectivity index (χ1n) is 6.34. The van der Waals surface area contributed by atoms with Gasteiger partial charge >= 0.3 is 0 Å². The van der Waals surface area contributed by atoms with Gasteiger partial charge in [-0.05, 0) is 24.0 Å². The predicted molar refractivity (Wildman–Crippen MR) is 68.9 cm³/mol. The van der Waals surface area contributed by atoms with E-state index in [9.17, 15) is 8.78 Å². The summed E-state index contributed by atoms with van der Waals surface area (Å²) in [6.07, 6.45) is 3.39. The van der Waals surface area contributed by atoms with Crippen molar-refractivity contribution in [3.05, 3.63) is 0 Å². The summed E-state index contributed by atoms with van der Waals surface area (Å²) >= 11 is 4.41. The molecular weight excluding hydrogens is 244 g/mol. The summed E-state index contributed by atoms with van der Waals surface area (Å²) in [5, 5.41) is 8.93. The minimum Gasteiger partial charge on any atom is -0.395 e. The van der Waals surface area contributed by atoms with E-state index in [-0.39, 0.29) is 18.6 Å². The fourth-order valence-electron chi connectivity index (χ4n) is 2.71. The molecule has 0 atom stereocenters. The van der Waals surface area contributed by atoms with Crippen molar-refractivity contribution in [2.45, 2.75) is 38.5 Å². The Kier molecular flexibility index (Phi) is 6.74. The van der Waals surface area contributed by atoms with Crippen molar-refractivity contribution in [3.8, 4) is 0 Å². The normalized spacial score (nSPS) is 20.1. The van der Waals surface area contributed by atoms with Gasteiger partial charge in [-0.2, -0.15) is 12.6 Å². The van der Waals surface area contributed by atoms with Crippen LogP contribution in [0.2, 0.25) is 0 Å². The molecule has 0 spiro atoms. The van der Waals surface area contributed by atoms with E-state index < -0.39 is 6.43 Å². The molecule has 0 saturated heterocycles. The zero-order chi connectivity index (χ0) is 12.7. The van der Waals surface area contributed by atoms with Crippen LogP contribution < -0.4 is 0 Å². The predicted octanol–water partition coefficient (Wildman–Crippen LogP) is 2.43. The van der Waals surface area contributed by atoms with Gasteiger partial charge in [0.2, 0.25) is 0 Å². The molecule has 1 aliphatic carbocycles. The minimum atomic E-state index is -2.33. The van der Waals surface area contributed by atoms with Gasteiger partial charge in [0.05, 0.1) is 13.2 Å². The monoisotopic (exact) mass is 267 g/mol. The van der Waals surface area contributed by atoms with Crippen LogP contribution in [-0.2, 0) is 0 Å². The molecule has 1 fully saturated rings. The largest absolute Gasteiger partial charge is 0.395 e.